The Morgan fingerprint density at radius 1 is 0.750 bits per heavy atom. The molecule has 0 aromatic heterocycles. The standard InChI is InChI=1S/C14H12N2O4/c17-15(18)13-7-3-1-5-11(13)9-10-12-6-2-4-8-14(12)16(19)20/h1-10,17-18H/q-2. The van der Waals surface area contributed by atoms with E-state index in [4.69, 9.17) is 10.4 Å². The van der Waals surface area contributed by atoms with Gasteiger partial charge in [0.25, 0.3) is 0 Å². The molecule has 2 N–H and O–H groups in total. The van der Waals surface area contributed by atoms with Gasteiger partial charge in [0.15, 0.2) is 0 Å². The fourth-order valence-electron chi connectivity index (χ4n) is 1.78. The van der Waals surface area contributed by atoms with Gasteiger partial charge < -0.3 is 15.6 Å². The highest BCUT2D eigenvalue weighted by atomic mass is 16.8. The second kappa shape index (κ2) is 6.18. The molecule has 0 aliphatic rings. The van der Waals surface area contributed by atoms with Gasteiger partial charge in [-0.2, -0.15) is 0 Å². The Hall–Kier alpha value is -2.38. The van der Waals surface area contributed by atoms with E-state index in [0.717, 1.165) is 0 Å². The van der Waals surface area contributed by atoms with Crippen molar-refractivity contribution in [2.45, 2.75) is 0 Å². The molecule has 0 saturated heterocycles. The van der Waals surface area contributed by atoms with Crippen LogP contribution in [0.5, 0.6) is 0 Å². The largest absolute Gasteiger partial charge is 0.769 e. The van der Waals surface area contributed by atoms with Crippen LogP contribution in [0.3, 0.4) is 0 Å². The summed E-state index contributed by atoms with van der Waals surface area (Å²) < 4.78 is 0. The van der Waals surface area contributed by atoms with E-state index in [1.165, 1.54) is 12.1 Å². The molecule has 6 nitrogen and oxygen atoms in total. The first-order valence-corrected chi connectivity index (χ1v) is 5.78. The highest BCUT2D eigenvalue weighted by Crippen LogP contribution is 2.24. The van der Waals surface area contributed by atoms with E-state index in [1.807, 2.05) is 0 Å². The van der Waals surface area contributed by atoms with E-state index in [9.17, 15) is 10.4 Å². The van der Waals surface area contributed by atoms with Gasteiger partial charge in [0.05, 0.1) is 0 Å². The Labute approximate surface area is 115 Å². The maximum Gasteiger partial charge on any atom is 0.101 e. The monoisotopic (exact) mass is 272 g/mol. The molecule has 0 spiro atoms. The zero-order valence-electron chi connectivity index (χ0n) is 10.4. The van der Waals surface area contributed by atoms with Gasteiger partial charge in [-0.25, -0.2) is 0 Å². The maximum atomic E-state index is 10.9. The van der Waals surface area contributed by atoms with Gasteiger partial charge >= 0.3 is 0 Å². The van der Waals surface area contributed by atoms with Crippen molar-refractivity contribution >= 4 is 23.5 Å². The number of rotatable bonds is 4. The van der Waals surface area contributed by atoms with Crippen molar-refractivity contribution in [1.29, 1.82) is 0 Å². The minimum absolute atomic E-state index is 0.00826. The molecule has 0 fully saturated rings. The van der Waals surface area contributed by atoms with Gasteiger partial charge in [0.1, 0.15) is 5.69 Å². The number of benzene rings is 2. The predicted octanol–water partition coefficient (Wildman–Crippen LogP) is 3.24. The van der Waals surface area contributed by atoms with Crippen molar-refractivity contribution in [3.05, 3.63) is 70.1 Å². The Bertz CT molecular complexity index is 558. The Morgan fingerprint density at radius 2 is 1.20 bits per heavy atom. The molecule has 2 rings (SSSR count). The molecule has 6 heteroatoms. The van der Waals surface area contributed by atoms with Gasteiger partial charge in [0, 0.05) is 11.3 Å². The van der Waals surface area contributed by atoms with Gasteiger partial charge in [-0.3, -0.25) is 10.4 Å². The highest BCUT2D eigenvalue weighted by Gasteiger charge is 2.03. The quantitative estimate of drug-likeness (QED) is 0.655. The summed E-state index contributed by atoms with van der Waals surface area (Å²) in [5.41, 5.74) is 1.14. The average molecular weight is 272 g/mol. The fraction of sp³-hybridized carbons (Fsp3) is 0. The summed E-state index contributed by atoms with van der Waals surface area (Å²) in [6.07, 6.45) is 3.14. The molecule has 20 heavy (non-hydrogen) atoms. The van der Waals surface area contributed by atoms with E-state index in [2.05, 4.69) is 0 Å². The Balaban J connectivity index is 2.35. The molecule has 0 saturated carbocycles. The van der Waals surface area contributed by atoms with Gasteiger partial charge in [-0.1, -0.05) is 48.6 Å². The molecule has 0 radical (unpaired) electrons. The summed E-state index contributed by atoms with van der Waals surface area (Å²) in [5, 5.41) is 39.5. The van der Waals surface area contributed by atoms with Crippen LogP contribution in [0, 0.1) is 10.4 Å². The summed E-state index contributed by atoms with van der Waals surface area (Å²) in [4.78, 5) is 0. The van der Waals surface area contributed by atoms with Crippen LogP contribution in [-0.2, 0) is 0 Å². The third-order valence-corrected chi connectivity index (χ3v) is 2.73. The van der Waals surface area contributed by atoms with Crippen LogP contribution in [-0.4, -0.2) is 10.4 Å². The normalized spacial score (nSPS) is 10.8. The van der Waals surface area contributed by atoms with Crippen molar-refractivity contribution < 1.29 is 10.4 Å². The van der Waals surface area contributed by atoms with Crippen molar-refractivity contribution in [2.24, 2.45) is 0 Å². The lowest BCUT2D eigenvalue weighted by Crippen LogP contribution is -2.12. The topological polar surface area (TPSA) is 93.1 Å². The Morgan fingerprint density at radius 3 is 1.70 bits per heavy atom. The van der Waals surface area contributed by atoms with Crippen LogP contribution in [0.25, 0.3) is 12.2 Å². The summed E-state index contributed by atoms with van der Waals surface area (Å²) in [6, 6.07) is 12.9. The minimum atomic E-state index is -0.462. The second-order valence-electron chi connectivity index (χ2n) is 4.00. The van der Waals surface area contributed by atoms with Crippen LogP contribution >= 0.6 is 0 Å². The van der Waals surface area contributed by atoms with Gasteiger partial charge in [-0.15, -0.1) is 5.23 Å². The van der Waals surface area contributed by atoms with E-state index in [1.54, 1.807) is 48.6 Å². The van der Waals surface area contributed by atoms with Crippen LogP contribution in [0.4, 0.5) is 11.4 Å². The van der Waals surface area contributed by atoms with Crippen LogP contribution in [0.15, 0.2) is 48.5 Å². The first-order valence-electron chi connectivity index (χ1n) is 5.78. The predicted molar refractivity (Wildman–Crippen MR) is 77.1 cm³/mol. The SMILES string of the molecule is [O-]N([O-])c1ccccc1C=Cc1ccccc1N(O)O. The molecule has 104 valence electrons. The molecule has 0 atom stereocenters. The summed E-state index contributed by atoms with van der Waals surface area (Å²) in [5.74, 6) is 0. The Kier molecular flexibility index (Phi) is 4.34. The first kappa shape index (κ1) is 14.0. The van der Waals surface area contributed by atoms with Crippen LogP contribution in [0.2, 0.25) is 0 Å². The third kappa shape index (κ3) is 3.14. The number of para-hydroxylation sites is 2. The lowest BCUT2D eigenvalue weighted by Gasteiger charge is -2.38. The van der Waals surface area contributed by atoms with Crippen molar-refractivity contribution in [3.63, 3.8) is 0 Å². The number of nitrogens with zero attached hydrogens (tertiary/aromatic N) is 2. The first-order chi connectivity index (χ1) is 9.59. The molecular formula is C14H12N2O4-2. The zero-order chi connectivity index (χ0) is 14.5. The summed E-state index contributed by atoms with van der Waals surface area (Å²) in [7, 11) is 0. The lowest BCUT2D eigenvalue weighted by atomic mass is 10.1. The second-order valence-corrected chi connectivity index (χ2v) is 4.00. The molecule has 0 amide bonds. The highest BCUT2D eigenvalue weighted by molar-refractivity contribution is 5.81. The van der Waals surface area contributed by atoms with E-state index < -0.39 is 5.23 Å². The third-order valence-electron chi connectivity index (χ3n) is 2.73. The fourth-order valence-corrected chi connectivity index (χ4v) is 1.78. The molecule has 0 aliphatic carbocycles. The van der Waals surface area contributed by atoms with E-state index in [0.29, 0.717) is 11.1 Å². The van der Waals surface area contributed by atoms with Gasteiger partial charge in [-0.05, 0) is 17.7 Å². The lowest BCUT2D eigenvalue weighted by molar-refractivity contribution is 0.0291. The van der Waals surface area contributed by atoms with Crippen molar-refractivity contribution in [2.75, 3.05) is 10.5 Å². The van der Waals surface area contributed by atoms with Crippen LogP contribution in [0.1, 0.15) is 11.1 Å². The van der Waals surface area contributed by atoms with Crippen molar-refractivity contribution in [1.82, 2.24) is 0 Å². The number of hydrogen-bond acceptors (Lipinski definition) is 6. The molecule has 0 unspecified atom stereocenters. The molecule has 0 heterocycles. The van der Waals surface area contributed by atoms with Gasteiger partial charge in [0.2, 0.25) is 0 Å². The number of anilines is 2. The average Bonchev–Trinajstić information content (AvgIpc) is 2.45. The zero-order valence-corrected chi connectivity index (χ0v) is 10.4. The minimum Gasteiger partial charge on any atom is -0.769 e. The number of hydrogen-bond donors (Lipinski definition) is 2. The smallest absolute Gasteiger partial charge is 0.101 e. The molecular weight excluding hydrogens is 260 g/mol. The molecule has 0 bridgehead atoms. The molecule has 2 aromatic rings. The summed E-state index contributed by atoms with van der Waals surface area (Å²) in [6.45, 7) is 0. The van der Waals surface area contributed by atoms with E-state index >= 15 is 0 Å². The summed E-state index contributed by atoms with van der Waals surface area (Å²) >= 11 is 0. The van der Waals surface area contributed by atoms with Crippen LogP contribution < -0.4 is 10.5 Å². The maximum absolute atomic E-state index is 10.9. The van der Waals surface area contributed by atoms with E-state index in [-0.39, 0.29) is 16.6 Å². The molecule has 0 aliphatic heterocycles. The van der Waals surface area contributed by atoms with Crippen molar-refractivity contribution in [3.8, 4) is 0 Å². The molecule has 2 aromatic carbocycles.